The molecule has 0 aliphatic rings. The van der Waals surface area contributed by atoms with E-state index < -0.39 is 0 Å². The zero-order chi connectivity index (χ0) is 18.1. The first-order chi connectivity index (χ1) is 12.6. The fourth-order valence-corrected chi connectivity index (χ4v) is 3.60. The molecular weight excluding hydrogens is 419 g/mol. The van der Waals surface area contributed by atoms with E-state index in [-0.39, 0.29) is 19.5 Å². The van der Waals surface area contributed by atoms with Crippen LogP contribution < -0.4 is 0 Å². The number of benzene rings is 3. The Kier molecular flexibility index (Phi) is 5.72. The summed E-state index contributed by atoms with van der Waals surface area (Å²) in [7, 11) is 0. The quantitative estimate of drug-likeness (QED) is 0.285. The Bertz CT molecular complexity index is 1030. The van der Waals surface area contributed by atoms with Crippen molar-refractivity contribution in [2.75, 3.05) is 0 Å². The van der Waals surface area contributed by atoms with E-state index >= 15 is 0 Å². The van der Waals surface area contributed by atoms with Crippen molar-refractivity contribution in [3.8, 4) is 27.9 Å². The fourth-order valence-electron chi connectivity index (χ4n) is 3.60. The number of hydrogen-bond donors (Lipinski definition) is 0. The SMILES string of the molecule is Cc1cc(-c2ccccc2)cc(C)c1-c1cnn(-c2[c-]cccc2)c1C.[Rh]. The minimum Gasteiger partial charge on any atom is -0.262 e. The summed E-state index contributed by atoms with van der Waals surface area (Å²) in [5.41, 5.74) is 9.58. The molecule has 1 heterocycles. The third kappa shape index (κ3) is 3.65. The zero-order valence-corrected chi connectivity index (χ0v) is 17.3. The first-order valence-electron chi connectivity index (χ1n) is 8.84. The van der Waals surface area contributed by atoms with Crippen LogP contribution in [0, 0.1) is 26.8 Å². The minimum atomic E-state index is 0. The van der Waals surface area contributed by atoms with Crippen LogP contribution in [-0.2, 0) is 19.5 Å². The maximum atomic E-state index is 4.61. The average molecular weight is 440 g/mol. The van der Waals surface area contributed by atoms with Gasteiger partial charge in [0.25, 0.3) is 0 Å². The van der Waals surface area contributed by atoms with E-state index in [1.807, 2.05) is 35.1 Å². The fraction of sp³-hybridized carbons (Fsp3) is 0.125. The molecule has 0 unspecified atom stereocenters. The number of rotatable bonds is 3. The normalized spacial score (nSPS) is 10.5. The average Bonchev–Trinajstić information content (AvgIpc) is 3.04. The molecule has 0 spiro atoms. The molecule has 0 saturated heterocycles. The van der Waals surface area contributed by atoms with E-state index in [4.69, 9.17) is 0 Å². The van der Waals surface area contributed by atoms with Gasteiger partial charge in [0, 0.05) is 30.7 Å². The van der Waals surface area contributed by atoms with Gasteiger partial charge in [-0.3, -0.25) is 4.68 Å². The van der Waals surface area contributed by atoms with E-state index in [9.17, 15) is 0 Å². The zero-order valence-electron chi connectivity index (χ0n) is 15.7. The number of aryl methyl sites for hydroxylation is 2. The molecule has 0 aliphatic carbocycles. The van der Waals surface area contributed by atoms with Crippen molar-refractivity contribution in [2.45, 2.75) is 20.8 Å². The van der Waals surface area contributed by atoms with Crippen molar-refractivity contribution in [2.24, 2.45) is 0 Å². The second kappa shape index (κ2) is 8.02. The molecule has 0 aliphatic heterocycles. The summed E-state index contributed by atoms with van der Waals surface area (Å²) in [6.45, 7) is 6.48. The van der Waals surface area contributed by atoms with Crippen molar-refractivity contribution in [3.05, 3.63) is 95.8 Å². The largest absolute Gasteiger partial charge is 0.262 e. The van der Waals surface area contributed by atoms with Gasteiger partial charge in [-0.05, 0) is 54.3 Å². The number of para-hydroxylation sites is 1. The molecule has 2 nitrogen and oxygen atoms in total. The van der Waals surface area contributed by atoms with Crippen LogP contribution in [-0.4, -0.2) is 9.78 Å². The second-order valence-corrected chi connectivity index (χ2v) is 6.65. The molecule has 27 heavy (non-hydrogen) atoms. The van der Waals surface area contributed by atoms with Gasteiger partial charge in [0.15, 0.2) is 0 Å². The molecule has 0 bridgehead atoms. The van der Waals surface area contributed by atoms with E-state index in [1.54, 1.807) is 0 Å². The van der Waals surface area contributed by atoms with Gasteiger partial charge in [0.05, 0.1) is 6.20 Å². The van der Waals surface area contributed by atoms with Crippen molar-refractivity contribution < 1.29 is 19.5 Å². The summed E-state index contributed by atoms with van der Waals surface area (Å²) in [6, 6.07) is 26.2. The number of aromatic nitrogens is 2. The molecule has 0 fully saturated rings. The van der Waals surface area contributed by atoms with Gasteiger partial charge in [-0.1, -0.05) is 42.5 Å². The molecular formula is C24H21N2Rh-. The van der Waals surface area contributed by atoms with Crippen molar-refractivity contribution >= 4 is 0 Å². The van der Waals surface area contributed by atoms with Crippen LogP contribution >= 0.6 is 0 Å². The van der Waals surface area contributed by atoms with E-state index in [2.05, 4.69) is 74.4 Å². The van der Waals surface area contributed by atoms with E-state index in [0.717, 1.165) is 11.4 Å². The summed E-state index contributed by atoms with van der Waals surface area (Å²) in [6.07, 6.45) is 1.97. The Morgan fingerprint density at radius 2 is 1.48 bits per heavy atom. The summed E-state index contributed by atoms with van der Waals surface area (Å²) >= 11 is 0. The predicted molar refractivity (Wildman–Crippen MR) is 107 cm³/mol. The van der Waals surface area contributed by atoms with Crippen LogP contribution in [0.25, 0.3) is 27.9 Å². The van der Waals surface area contributed by atoms with Gasteiger partial charge in [0.2, 0.25) is 0 Å². The van der Waals surface area contributed by atoms with Crippen molar-refractivity contribution in [3.63, 3.8) is 0 Å². The van der Waals surface area contributed by atoms with Crippen LogP contribution in [0.15, 0.2) is 72.9 Å². The Morgan fingerprint density at radius 3 is 2.11 bits per heavy atom. The van der Waals surface area contributed by atoms with Gasteiger partial charge < -0.3 is 0 Å². The summed E-state index contributed by atoms with van der Waals surface area (Å²) in [5, 5.41) is 4.61. The van der Waals surface area contributed by atoms with Crippen LogP contribution in [0.5, 0.6) is 0 Å². The van der Waals surface area contributed by atoms with Gasteiger partial charge in [0.1, 0.15) is 0 Å². The Labute approximate surface area is 173 Å². The van der Waals surface area contributed by atoms with Gasteiger partial charge in [-0.2, -0.15) is 29.4 Å². The maximum absolute atomic E-state index is 4.61. The third-order valence-electron chi connectivity index (χ3n) is 4.84. The predicted octanol–water partition coefficient (Wildman–Crippen LogP) is 5.93. The molecule has 1 aromatic heterocycles. The molecule has 4 rings (SSSR count). The van der Waals surface area contributed by atoms with Crippen molar-refractivity contribution in [1.82, 2.24) is 9.78 Å². The van der Waals surface area contributed by atoms with Crippen LogP contribution in [0.2, 0.25) is 0 Å². The first-order valence-corrected chi connectivity index (χ1v) is 8.84. The topological polar surface area (TPSA) is 17.8 Å². The third-order valence-corrected chi connectivity index (χ3v) is 4.84. The second-order valence-electron chi connectivity index (χ2n) is 6.65. The summed E-state index contributed by atoms with van der Waals surface area (Å²) in [4.78, 5) is 0. The Morgan fingerprint density at radius 1 is 0.815 bits per heavy atom. The van der Waals surface area contributed by atoms with Crippen LogP contribution in [0.3, 0.4) is 0 Å². The molecule has 1 radical (unpaired) electrons. The Balaban J connectivity index is 0.00000210. The van der Waals surface area contributed by atoms with E-state index in [1.165, 1.54) is 33.4 Å². The standard InChI is InChI=1S/C24H21N2.Rh/c1-17-14-21(20-10-6-4-7-11-20)15-18(2)24(17)23-16-25-26(19(23)3)22-12-8-5-9-13-22;/h4-12,14-16H,1-3H3;/q-1;. The first kappa shape index (κ1) is 19.3. The number of hydrogen-bond acceptors (Lipinski definition) is 1. The van der Waals surface area contributed by atoms with Gasteiger partial charge >= 0.3 is 0 Å². The molecule has 137 valence electrons. The molecule has 3 heteroatoms. The molecule has 0 amide bonds. The summed E-state index contributed by atoms with van der Waals surface area (Å²) < 4.78 is 1.96. The van der Waals surface area contributed by atoms with Gasteiger partial charge in [-0.25, -0.2) is 0 Å². The number of nitrogens with zero attached hydrogens (tertiary/aromatic N) is 2. The molecule has 0 saturated carbocycles. The maximum Gasteiger partial charge on any atom is 0.0574 e. The molecule has 0 atom stereocenters. The smallest absolute Gasteiger partial charge is 0.0574 e. The minimum absolute atomic E-state index is 0. The van der Waals surface area contributed by atoms with Crippen LogP contribution in [0.1, 0.15) is 16.8 Å². The van der Waals surface area contributed by atoms with Gasteiger partial charge in [-0.15, -0.1) is 6.07 Å². The monoisotopic (exact) mass is 440 g/mol. The molecule has 3 aromatic carbocycles. The molecule has 0 N–H and O–H groups in total. The van der Waals surface area contributed by atoms with E-state index in [0.29, 0.717) is 0 Å². The van der Waals surface area contributed by atoms with Crippen molar-refractivity contribution in [1.29, 1.82) is 0 Å². The summed E-state index contributed by atoms with van der Waals surface area (Å²) in [5.74, 6) is 0. The molecule has 4 aromatic rings. The van der Waals surface area contributed by atoms with Crippen LogP contribution in [0.4, 0.5) is 0 Å². The Hall–Kier alpha value is -2.51.